The second-order valence-corrected chi connectivity index (χ2v) is 4.97. The van der Waals surface area contributed by atoms with E-state index in [0.717, 1.165) is 18.7 Å². The van der Waals surface area contributed by atoms with E-state index in [4.69, 9.17) is 0 Å². The molecule has 2 heterocycles. The number of rotatable bonds is 5. The quantitative estimate of drug-likeness (QED) is 0.888. The molecule has 0 bridgehead atoms. The monoisotopic (exact) mass is 273 g/mol. The average Bonchev–Trinajstić information content (AvgIpc) is 2.44. The van der Waals surface area contributed by atoms with Crippen LogP contribution in [0.3, 0.4) is 0 Å². The van der Waals surface area contributed by atoms with Gasteiger partial charge in [-0.2, -0.15) is 0 Å². The molecular formula is C15H19N3O2. The zero-order valence-electron chi connectivity index (χ0n) is 11.8. The van der Waals surface area contributed by atoms with Gasteiger partial charge in [-0.05, 0) is 31.2 Å². The molecule has 2 aromatic heterocycles. The van der Waals surface area contributed by atoms with Crippen molar-refractivity contribution in [1.29, 1.82) is 0 Å². The van der Waals surface area contributed by atoms with Crippen molar-refractivity contribution in [3.05, 3.63) is 58.3 Å². The first-order chi connectivity index (χ1) is 9.56. The third-order valence-electron chi connectivity index (χ3n) is 3.28. The summed E-state index contributed by atoms with van der Waals surface area (Å²) in [5, 5.41) is 9.36. The van der Waals surface area contributed by atoms with Gasteiger partial charge in [0.05, 0.1) is 0 Å². The molecule has 2 aromatic rings. The van der Waals surface area contributed by atoms with Gasteiger partial charge in [-0.15, -0.1) is 0 Å². The molecule has 0 spiro atoms. The van der Waals surface area contributed by atoms with Crippen LogP contribution in [0.15, 0.2) is 41.6 Å². The molecule has 0 atom stereocenters. The van der Waals surface area contributed by atoms with E-state index >= 15 is 0 Å². The molecule has 0 aliphatic rings. The van der Waals surface area contributed by atoms with Gasteiger partial charge in [-0.1, -0.05) is 0 Å². The molecule has 0 saturated heterocycles. The standard InChI is InChI=1S/C15H19N3O2/c1-17(8-5-12-3-6-16-7-4-12)10-13-9-14(19)15(20)11-18(13)2/h3-4,6-7,9,11,20H,5,8,10H2,1-2H3. The predicted molar refractivity (Wildman–Crippen MR) is 77.6 cm³/mol. The Kier molecular flexibility index (Phi) is 4.53. The SMILES string of the molecule is CN(CCc1ccncc1)Cc1cc(=O)c(O)cn1C. The van der Waals surface area contributed by atoms with E-state index in [1.54, 1.807) is 17.0 Å². The molecule has 5 heteroatoms. The molecule has 0 unspecified atom stereocenters. The summed E-state index contributed by atoms with van der Waals surface area (Å²) in [5.41, 5.74) is 1.79. The highest BCUT2D eigenvalue weighted by Crippen LogP contribution is 2.06. The number of aryl methyl sites for hydroxylation is 1. The van der Waals surface area contributed by atoms with E-state index in [1.807, 2.05) is 26.2 Å². The first-order valence-corrected chi connectivity index (χ1v) is 6.52. The van der Waals surface area contributed by atoms with Crippen molar-refractivity contribution in [2.24, 2.45) is 7.05 Å². The normalized spacial score (nSPS) is 10.9. The molecular weight excluding hydrogens is 254 g/mol. The Bertz CT molecular complexity index is 623. The molecule has 0 aliphatic heterocycles. The maximum Gasteiger partial charge on any atom is 0.223 e. The van der Waals surface area contributed by atoms with Crippen LogP contribution in [0.5, 0.6) is 5.75 Å². The van der Waals surface area contributed by atoms with Gasteiger partial charge >= 0.3 is 0 Å². The Morgan fingerprint density at radius 2 is 2.05 bits per heavy atom. The minimum absolute atomic E-state index is 0.212. The molecule has 5 nitrogen and oxygen atoms in total. The van der Waals surface area contributed by atoms with Gasteiger partial charge in [0.15, 0.2) is 5.75 Å². The molecule has 0 aliphatic carbocycles. The van der Waals surface area contributed by atoms with Gasteiger partial charge < -0.3 is 14.6 Å². The minimum atomic E-state index is -0.333. The van der Waals surface area contributed by atoms with Crippen molar-refractivity contribution in [3.63, 3.8) is 0 Å². The van der Waals surface area contributed by atoms with Crippen molar-refractivity contribution >= 4 is 0 Å². The number of pyridine rings is 2. The molecule has 0 saturated carbocycles. The van der Waals surface area contributed by atoms with Crippen molar-refractivity contribution in [2.45, 2.75) is 13.0 Å². The van der Waals surface area contributed by atoms with Gasteiger partial charge in [-0.3, -0.25) is 9.78 Å². The van der Waals surface area contributed by atoms with Gasteiger partial charge in [-0.25, -0.2) is 0 Å². The number of aromatic hydroxyl groups is 1. The maximum atomic E-state index is 11.5. The fourth-order valence-electron chi connectivity index (χ4n) is 2.04. The van der Waals surface area contributed by atoms with E-state index in [0.29, 0.717) is 6.54 Å². The van der Waals surface area contributed by atoms with E-state index in [-0.39, 0.29) is 11.2 Å². The van der Waals surface area contributed by atoms with E-state index in [9.17, 15) is 9.90 Å². The van der Waals surface area contributed by atoms with Crippen LogP contribution in [0.1, 0.15) is 11.3 Å². The fraction of sp³-hybridized carbons (Fsp3) is 0.333. The number of hydrogen-bond acceptors (Lipinski definition) is 4. The number of nitrogens with zero attached hydrogens (tertiary/aromatic N) is 3. The lowest BCUT2D eigenvalue weighted by Gasteiger charge is -2.18. The molecule has 0 amide bonds. The Morgan fingerprint density at radius 3 is 2.75 bits per heavy atom. The van der Waals surface area contributed by atoms with Crippen LogP contribution in [0.4, 0.5) is 0 Å². The summed E-state index contributed by atoms with van der Waals surface area (Å²) in [7, 11) is 3.84. The lowest BCUT2D eigenvalue weighted by atomic mass is 10.2. The Hall–Kier alpha value is -2.14. The molecule has 106 valence electrons. The minimum Gasteiger partial charge on any atom is -0.503 e. The first-order valence-electron chi connectivity index (χ1n) is 6.52. The predicted octanol–water partition coefficient (Wildman–Crippen LogP) is 1.16. The summed E-state index contributed by atoms with van der Waals surface area (Å²) in [5.74, 6) is -0.212. The van der Waals surface area contributed by atoms with E-state index in [2.05, 4.69) is 9.88 Å². The van der Waals surface area contributed by atoms with Crippen molar-refractivity contribution in [2.75, 3.05) is 13.6 Å². The van der Waals surface area contributed by atoms with Crippen molar-refractivity contribution < 1.29 is 5.11 Å². The molecule has 1 N–H and O–H groups in total. The third kappa shape index (κ3) is 3.68. The smallest absolute Gasteiger partial charge is 0.223 e. The molecule has 0 aromatic carbocycles. The topological polar surface area (TPSA) is 58.4 Å². The summed E-state index contributed by atoms with van der Waals surface area (Å²) < 4.78 is 1.78. The first kappa shape index (κ1) is 14.3. The van der Waals surface area contributed by atoms with Gasteiger partial charge in [0.1, 0.15) is 0 Å². The number of aromatic nitrogens is 2. The molecule has 2 rings (SSSR count). The summed E-state index contributed by atoms with van der Waals surface area (Å²) in [4.78, 5) is 17.6. The lowest BCUT2D eigenvalue weighted by molar-refractivity contribution is 0.321. The van der Waals surface area contributed by atoms with Crippen LogP contribution in [-0.4, -0.2) is 33.1 Å². The number of likely N-dealkylation sites (N-methyl/N-ethyl adjacent to an activating group) is 1. The highest BCUT2D eigenvalue weighted by molar-refractivity contribution is 5.20. The average molecular weight is 273 g/mol. The van der Waals surface area contributed by atoms with Crippen LogP contribution in [0, 0.1) is 0 Å². The number of hydrogen-bond donors (Lipinski definition) is 1. The molecule has 0 fully saturated rings. The van der Waals surface area contributed by atoms with E-state index < -0.39 is 0 Å². The Balaban J connectivity index is 1.96. The third-order valence-corrected chi connectivity index (χ3v) is 3.28. The van der Waals surface area contributed by atoms with Crippen LogP contribution < -0.4 is 5.43 Å². The van der Waals surface area contributed by atoms with Crippen LogP contribution in [0.25, 0.3) is 0 Å². The molecule has 0 radical (unpaired) electrons. The van der Waals surface area contributed by atoms with Crippen molar-refractivity contribution in [3.8, 4) is 5.75 Å². The largest absolute Gasteiger partial charge is 0.503 e. The Morgan fingerprint density at radius 1 is 1.35 bits per heavy atom. The highest BCUT2D eigenvalue weighted by atomic mass is 16.3. The Labute approximate surface area is 118 Å². The highest BCUT2D eigenvalue weighted by Gasteiger charge is 2.06. The summed E-state index contributed by atoms with van der Waals surface area (Å²) >= 11 is 0. The summed E-state index contributed by atoms with van der Waals surface area (Å²) in [6.07, 6.45) is 5.97. The maximum absolute atomic E-state index is 11.5. The second kappa shape index (κ2) is 6.34. The van der Waals surface area contributed by atoms with E-state index in [1.165, 1.54) is 17.8 Å². The van der Waals surface area contributed by atoms with Gasteiger partial charge in [0.25, 0.3) is 0 Å². The molecule has 20 heavy (non-hydrogen) atoms. The van der Waals surface area contributed by atoms with Crippen LogP contribution >= 0.6 is 0 Å². The zero-order valence-corrected chi connectivity index (χ0v) is 11.8. The van der Waals surface area contributed by atoms with Crippen molar-refractivity contribution in [1.82, 2.24) is 14.5 Å². The van der Waals surface area contributed by atoms with Crippen LogP contribution in [-0.2, 0) is 20.0 Å². The zero-order chi connectivity index (χ0) is 14.5. The van der Waals surface area contributed by atoms with Crippen LogP contribution in [0.2, 0.25) is 0 Å². The fourth-order valence-corrected chi connectivity index (χ4v) is 2.04. The summed E-state index contributed by atoms with van der Waals surface area (Å²) in [6, 6.07) is 5.49. The second-order valence-electron chi connectivity index (χ2n) is 4.97. The lowest BCUT2D eigenvalue weighted by Crippen LogP contribution is -2.24. The van der Waals surface area contributed by atoms with Gasteiger partial charge in [0.2, 0.25) is 5.43 Å². The van der Waals surface area contributed by atoms with Gasteiger partial charge in [0, 0.05) is 50.5 Å². The summed E-state index contributed by atoms with van der Waals surface area (Å²) in [6.45, 7) is 1.55.